The molecule has 0 aliphatic heterocycles. The van der Waals surface area contributed by atoms with Gasteiger partial charge in [0.2, 0.25) is 11.9 Å². The first-order chi connectivity index (χ1) is 19.0. The topological polar surface area (TPSA) is 135 Å². The second-order valence-electron chi connectivity index (χ2n) is 8.94. The normalized spacial score (nSPS) is 10.7. The lowest BCUT2D eigenvalue weighted by molar-refractivity contribution is -0.116. The number of carbonyl (C=O) groups excluding carboxylic acids is 1. The fourth-order valence-corrected chi connectivity index (χ4v) is 4.24. The second kappa shape index (κ2) is 13.3. The number of ether oxygens (including phenoxy) is 3. The number of rotatable bonds is 12. The first-order valence-electron chi connectivity index (χ1n) is 12.6. The van der Waals surface area contributed by atoms with Gasteiger partial charge in [-0.15, -0.1) is 0 Å². The Morgan fingerprint density at radius 1 is 0.846 bits per heavy atom. The molecule has 4 rings (SSSR count). The average molecular weight is 528 g/mol. The molecule has 0 aliphatic rings. The maximum Gasteiger partial charge on any atom is 0.224 e. The summed E-state index contributed by atoms with van der Waals surface area (Å²) in [5.41, 5.74) is 17.0. The predicted molar refractivity (Wildman–Crippen MR) is 152 cm³/mol. The minimum absolute atomic E-state index is 0.0615. The van der Waals surface area contributed by atoms with Crippen LogP contribution in [0.3, 0.4) is 0 Å². The third-order valence-corrected chi connectivity index (χ3v) is 6.15. The van der Waals surface area contributed by atoms with Crippen molar-refractivity contribution >= 4 is 23.4 Å². The summed E-state index contributed by atoms with van der Waals surface area (Å²) in [6, 6.07) is 23.0. The first-order valence-corrected chi connectivity index (χ1v) is 12.6. The van der Waals surface area contributed by atoms with Crippen molar-refractivity contribution in [1.29, 1.82) is 0 Å². The van der Waals surface area contributed by atoms with Crippen molar-refractivity contribution in [3.05, 3.63) is 89.6 Å². The van der Waals surface area contributed by atoms with Crippen LogP contribution in [0.4, 0.5) is 17.5 Å². The molecule has 0 fully saturated rings. The molecule has 202 valence electrons. The number of carbonyl (C=O) groups is 1. The van der Waals surface area contributed by atoms with E-state index in [0.29, 0.717) is 47.9 Å². The molecule has 0 saturated heterocycles. The Bertz CT molecular complexity index is 1390. The Balaban J connectivity index is 1.35. The Labute approximate surface area is 228 Å². The summed E-state index contributed by atoms with van der Waals surface area (Å²) in [6.45, 7) is 0.654. The number of amides is 1. The van der Waals surface area contributed by atoms with Crippen molar-refractivity contribution in [3.63, 3.8) is 0 Å². The SMILES string of the molecule is COc1ccc(CCCC(=O)Nc2ccc(-c3c(N)nc(N)nc3COCc3ccccc3)cc2)cc1OC. The van der Waals surface area contributed by atoms with E-state index in [2.05, 4.69) is 15.3 Å². The van der Waals surface area contributed by atoms with E-state index in [1.54, 1.807) is 14.2 Å². The van der Waals surface area contributed by atoms with Crippen LogP contribution in [0, 0.1) is 0 Å². The number of nitrogens with two attached hydrogens (primary N) is 2. The smallest absolute Gasteiger partial charge is 0.224 e. The van der Waals surface area contributed by atoms with E-state index in [1.807, 2.05) is 72.8 Å². The molecule has 0 unspecified atom stereocenters. The van der Waals surface area contributed by atoms with E-state index < -0.39 is 0 Å². The number of benzene rings is 3. The van der Waals surface area contributed by atoms with Crippen molar-refractivity contribution in [2.24, 2.45) is 0 Å². The summed E-state index contributed by atoms with van der Waals surface area (Å²) in [6.07, 6.45) is 1.83. The van der Waals surface area contributed by atoms with Gasteiger partial charge >= 0.3 is 0 Å². The first kappa shape index (κ1) is 27.4. The molecule has 0 aliphatic carbocycles. The molecule has 1 heterocycles. The molecule has 4 aromatic rings. The van der Waals surface area contributed by atoms with Crippen molar-refractivity contribution in [3.8, 4) is 22.6 Å². The van der Waals surface area contributed by atoms with Crippen LogP contribution in [0.25, 0.3) is 11.1 Å². The molecular formula is C30H33N5O4. The van der Waals surface area contributed by atoms with Crippen LogP contribution < -0.4 is 26.3 Å². The van der Waals surface area contributed by atoms with E-state index in [1.165, 1.54) is 0 Å². The van der Waals surface area contributed by atoms with Crippen LogP contribution in [0.2, 0.25) is 0 Å². The zero-order chi connectivity index (χ0) is 27.6. The summed E-state index contributed by atoms with van der Waals surface area (Å²) < 4.78 is 16.5. The standard InChI is InChI=1S/C30H33N5O4/c1-37-25-16-11-20(17-26(25)38-2)9-6-10-27(36)33-23-14-12-22(13-15-23)28-24(34-30(32)35-29(28)31)19-39-18-21-7-4-3-5-8-21/h3-5,7-8,11-17H,6,9-10,18-19H2,1-2H3,(H,33,36)(H4,31,32,34,35). The summed E-state index contributed by atoms with van der Waals surface area (Å²) in [7, 11) is 3.21. The molecule has 0 bridgehead atoms. The number of hydrogen-bond donors (Lipinski definition) is 3. The highest BCUT2D eigenvalue weighted by Crippen LogP contribution is 2.30. The molecular weight excluding hydrogens is 494 g/mol. The van der Waals surface area contributed by atoms with Gasteiger partial charge in [0, 0.05) is 17.7 Å². The molecule has 9 nitrogen and oxygen atoms in total. The van der Waals surface area contributed by atoms with E-state index in [9.17, 15) is 4.79 Å². The van der Waals surface area contributed by atoms with Gasteiger partial charge in [-0.3, -0.25) is 4.79 Å². The molecule has 0 saturated carbocycles. The van der Waals surface area contributed by atoms with E-state index in [-0.39, 0.29) is 24.3 Å². The summed E-state index contributed by atoms with van der Waals surface area (Å²) >= 11 is 0. The predicted octanol–water partition coefficient (Wildman–Crippen LogP) is 5.00. The zero-order valence-corrected chi connectivity index (χ0v) is 22.1. The Kier molecular flexibility index (Phi) is 9.31. The molecule has 39 heavy (non-hydrogen) atoms. The molecule has 1 aromatic heterocycles. The third kappa shape index (κ3) is 7.45. The van der Waals surface area contributed by atoms with Crippen molar-refractivity contribution < 1.29 is 19.0 Å². The number of nitrogens with one attached hydrogen (secondary N) is 1. The van der Waals surface area contributed by atoms with Crippen LogP contribution in [-0.2, 0) is 29.2 Å². The highest BCUT2D eigenvalue weighted by Gasteiger charge is 2.15. The molecule has 0 radical (unpaired) electrons. The third-order valence-electron chi connectivity index (χ3n) is 6.15. The van der Waals surface area contributed by atoms with E-state index >= 15 is 0 Å². The van der Waals surface area contributed by atoms with Crippen molar-refractivity contribution in [1.82, 2.24) is 9.97 Å². The van der Waals surface area contributed by atoms with Crippen LogP contribution in [0.1, 0.15) is 29.7 Å². The van der Waals surface area contributed by atoms with Gasteiger partial charge < -0.3 is 31.0 Å². The Morgan fingerprint density at radius 2 is 1.59 bits per heavy atom. The van der Waals surface area contributed by atoms with Gasteiger partial charge in [-0.2, -0.15) is 4.98 Å². The van der Waals surface area contributed by atoms with Gasteiger partial charge in [0.1, 0.15) is 5.82 Å². The van der Waals surface area contributed by atoms with Crippen molar-refractivity contribution in [2.75, 3.05) is 31.0 Å². The van der Waals surface area contributed by atoms with Crippen LogP contribution in [-0.4, -0.2) is 30.1 Å². The van der Waals surface area contributed by atoms with Gasteiger partial charge in [-0.05, 0) is 53.8 Å². The van der Waals surface area contributed by atoms with E-state index in [0.717, 1.165) is 23.1 Å². The van der Waals surface area contributed by atoms with Gasteiger partial charge in [0.25, 0.3) is 0 Å². The maximum atomic E-state index is 12.5. The Hall–Kier alpha value is -4.63. The largest absolute Gasteiger partial charge is 0.493 e. The maximum absolute atomic E-state index is 12.5. The van der Waals surface area contributed by atoms with Crippen LogP contribution in [0.5, 0.6) is 11.5 Å². The van der Waals surface area contributed by atoms with Crippen LogP contribution >= 0.6 is 0 Å². The quantitative estimate of drug-likeness (QED) is 0.234. The van der Waals surface area contributed by atoms with Gasteiger partial charge in [0.05, 0.1) is 33.1 Å². The molecule has 0 spiro atoms. The second-order valence-corrected chi connectivity index (χ2v) is 8.94. The van der Waals surface area contributed by atoms with Gasteiger partial charge in [-0.25, -0.2) is 4.98 Å². The number of aryl methyl sites for hydroxylation is 1. The number of methoxy groups -OCH3 is 2. The van der Waals surface area contributed by atoms with Crippen molar-refractivity contribution in [2.45, 2.75) is 32.5 Å². The average Bonchev–Trinajstić information content (AvgIpc) is 2.94. The number of nitrogens with zero attached hydrogens (tertiary/aromatic N) is 2. The fourth-order valence-electron chi connectivity index (χ4n) is 4.24. The van der Waals surface area contributed by atoms with E-state index in [4.69, 9.17) is 25.7 Å². The number of aromatic nitrogens is 2. The van der Waals surface area contributed by atoms with Crippen LogP contribution in [0.15, 0.2) is 72.8 Å². The zero-order valence-electron chi connectivity index (χ0n) is 22.1. The number of nitrogen functional groups attached to an aromatic ring is 2. The highest BCUT2D eigenvalue weighted by molar-refractivity contribution is 5.91. The summed E-state index contributed by atoms with van der Waals surface area (Å²) in [5, 5.41) is 2.95. The lowest BCUT2D eigenvalue weighted by Gasteiger charge is -2.13. The highest BCUT2D eigenvalue weighted by atomic mass is 16.5. The molecule has 9 heteroatoms. The number of hydrogen-bond acceptors (Lipinski definition) is 8. The molecule has 1 amide bonds. The monoisotopic (exact) mass is 527 g/mol. The Morgan fingerprint density at radius 3 is 2.31 bits per heavy atom. The lowest BCUT2D eigenvalue weighted by Crippen LogP contribution is -2.11. The van der Waals surface area contributed by atoms with Gasteiger partial charge in [-0.1, -0.05) is 48.5 Å². The molecule has 3 aromatic carbocycles. The summed E-state index contributed by atoms with van der Waals surface area (Å²) in [4.78, 5) is 21.0. The summed E-state index contributed by atoms with van der Waals surface area (Å²) in [5.74, 6) is 1.66. The minimum Gasteiger partial charge on any atom is -0.493 e. The number of anilines is 3. The fraction of sp³-hybridized carbons (Fsp3) is 0.233. The molecule has 5 N–H and O–H groups in total. The van der Waals surface area contributed by atoms with Gasteiger partial charge in [0.15, 0.2) is 11.5 Å². The lowest BCUT2D eigenvalue weighted by atomic mass is 10.0. The minimum atomic E-state index is -0.0615. The molecule has 0 atom stereocenters.